The highest BCUT2D eigenvalue weighted by atomic mass is 35.5. The predicted octanol–water partition coefficient (Wildman–Crippen LogP) is 5.58. The van der Waals surface area contributed by atoms with Gasteiger partial charge in [0.15, 0.2) is 5.70 Å². The van der Waals surface area contributed by atoms with Crippen molar-refractivity contribution in [1.82, 2.24) is 0 Å². The van der Waals surface area contributed by atoms with Crippen LogP contribution in [0.25, 0.3) is 6.08 Å². The van der Waals surface area contributed by atoms with E-state index in [2.05, 4.69) is 4.99 Å². The quantitative estimate of drug-likeness (QED) is 0.376. The largest absolute Gasteiger partial charge is 0.496 e. The van der Waals surface area contributed by atoms with Gasteiger partial charge in [-0.25, -0.2) is 9.79 Å². The molecule has 0 spiro atoms. The number of aryl methyl sites for hydroxylation is 1. The number of hydrogen-bond acceptors (Lipinski definition) is 5. The summed E-state index contributed by atoms with van der Waals surface area (Å²) in [7, 11) is 1.53. The SMILES string of the molecule is COc1ccc(Cl)cc1C1=N/C(=C/c2ccccc2OCc2ccc(C)cc2)C(=O)O1. The lowest BCUT2D eigenvalue weighted by atomic mass is 10.1. The van der Waals surface area contributed by atoms with Crippen LogP contribution in [0, 0.1) is 6.92 Å². The molecule has 0 saturated heterocycles. The molecule has 4 rings (SSSR count). The first-order chi connectivity index (χ1) is 15.0. The summed E-state index contributed by atoms with van der Waals surface area (Å²) in [5, 5.41) is 0.488. The second-order valence-corrected chi connectivity index (χ2v) is 7.43. The van der Waals surface area contributed by atoms with Crippen molar-refractivity contribution in [2.24, 2.45) is 4.99 Å². The summed E-state index contributed by atoms with van der Waals surface area (Å²) in [6.45, 7) is 2.46. The number of methoxy groups -OCH3 is 1. The van der Waals surface area contributed by atoms with E-state index in [1.807, 2.05) is 55.5 Å². The third-order valence-corrected chi connectivity index (χ3v) is 4.97. The van der Waals surface area contributed by atoms with Crippen LogP contribution in [-0.2, 0) is 16.1 Å². The van der Waals surface area contributed by atoms with Gasteiger partial charge < -0.3 is 14.2 Å². The van der Waals surface area contributed by atoms with Crippen molar-refractivity contribution in [2.75, 3.05) is 7.11 Å². The molecule has 0 unspecified atom stereocenters. The van der Waals surface area contributed by atoms with E-state index in [4.69, 9.17) is 25.8 Å². The number of carbonyl (C=O) groups excluding carboxylic acids is 1. The standard InChI is InChI=1S/C25H20ClNO4/c1-16-7-9-17(10-8-16)15-30-22-6-4-3-5-18(22)13-21-25(28)31-24(27-21)20-14-19(26)11-12-23(20)29-2/h3-14H,15H2,1-2H3/b21-13+. The molecule has 1 heterocycles. The first kappa shape index (κ1) is 20.7. The molecule has 0 amide bonds. The summed E-state index contributed by atoms with van der Waals surface area (Å²) in [6.07, 6.45) is 1.65. The van der Waals surface area contributed by atoms with Gasteiger partial charge in [-0.2, -0.15) is 0 Å². The molecule has 0 atom stereocenters. The van der Waals surface area contributed by atoms with Crippen molar-refractivity contribution in [3.05, 3.63) is 99.7 Å². The molecule has 6 heteroatoms. The first-order valence-electron chi connectivity index (χ1n) is 9.67. The van der Waals surface area contributed by atoms with Gasteiger partial charge >= 0.3 is 5.97 Å². The van der Waals surface area contributed by atoms with Crippen molar-refractivity contribution >= 4 is 29.5 Å². The molecule has 5 nitrogen and oxygen atoms in total. The highest BCUT2D eigenvalue weighted by Crippen LogP contribution is 2.29. The molecule has 0 aliphatic carbocycles. The Balaban J connectivity index is 1.61. The van der Waals surface area contributed by atoms with Crippen molar-refractivity contribution in [1.29, 1.82) is 0 Å². The summed E-state index contributed by atoms with van der Waals surface area (Å²) in [5.41, 5.74) is 3.66. The topological polar surface area (TPSA) is 57.1 Å². The number of carbonyl (C=O) groups is 1. The summed E-state index contributed by atoms with van der Waals surface area (Å²) in [5.74, 6) is 0.755. The first-order valence-corrected chi connectivity index (χ1v) is 10.0. The van der Waals surface area contributed by atoms with Crippen LogP contribution in [0.4, 0.5) is 0 Å². The Bertz CT molecular complexity index is 1180. The lowest BCUT2D eigenvalue weighted by Gasteiger charge is -2.09. The predicted molar refractivity (Wildman–Crippen MR) is 121 cm³/mol. The minimum atomic E-state index is -0.551. The van der Waals surface area contributed by atoms with Crippen molar-refractivity contribution in [3.63, 3.8) is 0 Å². The highest BCUT2D eigenvalue weighted by Gasteiger charge is 2.27. The zero-order valence-electron chi connectivity index (χ0n) is 17.1. The van der Waals surface area contributed by atoms with Gasteiger partial charge in [-0.15, -0.1) is 0 Å². The zero-order chi connectivity index (χ0) is 21.8. The molecule has 0 saturated carbocycles. The van der Waals surface area contributed by atoms with E-state index in [0.29, 0.717) is 28.7 Å². The van der Waals surface area contributed by atoms with Crippen LogP contribution in [0.3, 0.4) is 0 Å². The van der Waals surface area contributed by atoms with Gasteiger partial charge in [0.05, 0.1) is 12.7 Å². The number of rotatable bonds is 6. The Morgan fingerprint density at radius 1 is 1.03 bits per heavy atom. The maximum absolute atomic E-state index is 12.4. The summed E-state index contributed by atoms with van der Waals surface area (Å²) >= 11 is 6.09. The fraction of sp³-hybridized carbons (Fsp3) is 0.120. The molecule has 0 fully saturated rings. The van der Waals surface area contributed by atoms with Gasteiger partial charge in [-0.1, -0.05) is 59.6 Å². The normalized spacial score (nSPS) is 14.4. The molecule has 0 N–H and O–H groups in total. The maximum atomic E-state index is 12.4. The number of para-hydroxylation sites is 1. The van der Waals surface area contributed by atoms with E-state index in [0.717, 1.165) is 11.1 Å². The molecular formula is C25H20ClNO4. The van der Waals surface area contributed by atoms with E-state index in [1.54, 1.807) is 24.3 Å². The Morgan fingerprint density at radius 2 is 1.81 bits per heavy atom. The Morgan fingerprint density at radius 3 is 2.58 bits per heavy atom. The number of benzene rings is 3. The summed E-state index contributed by atoms with van der Waals surface area (Å²) in [6, 6.07) is 20.6. The van der Waals surface area contributed by atoms with Gasteiger partial charge in [0.25, 0.3) is 0 Å². The van der Waals surface area contributed by atoms with Crippen LogP contribution in [0.5, 0.6) is 11.5 Å². The molecule has 156 valence electrons. The minimum absolute atomic E-state index is 0.147. The Hall–Kier alpha value is -3.57. The van der Waals surface area contributed by atoms with E-state index >= 15 is 0 Å². The van der Waals surface area contributed by atoms with Gasteiger partial charge in [0.2, 0.25) is 5.90 Å². The fourth-order valence-corrected chi connectivity index (χ4v) is 3.27. The summed E-state index contributed by atoms with van der Waals surface area (Å²) < 4.78 is 16.7. The highest BCUT2D eigenvalue weighted by molar-refractivity contribution is 6.31. The number of ether oxygens (including phenoxy) is 3. The van der Waals surface area contributed by atoms with E-state index < -0.39 is 5.97 Å². The monoisotopic (exact) mass is 433 g/mol. The van der Waals surface area contributed by atoms with E-state index in [1.165, 1.54) is 12.7 Å². The van der Waals surface area contributed by atoms with Crippen LogP contribution in [0.1, 0.15) is 22.3 Å². The average Bonchev–Trinajstić information content (AvgIpc) is 3.14. The number of cyclic esters (lactones) is 1. The minimum Gasteiger partial charge on any atom is -0.496 e. The van der Waals surface area contributed by atoms with Crippen LogP contribution >= 0.6 is 11.6 Å². The van der Waals surface area contributed by atoms with Crippen LogP contribution in [0.15, 0.2) is 77.4 Å². The number of halogens is 1. The van der Waals surface area contributed by atoms with Gasteiger partial charge in [-0.3, -0.25) is 0 Å². The van der Waals surface area contributed by atoms with Crippen LogP contribution in [-0.4, -0.2) is 19.0 Å². The molecule has 3 aromatic carbocycles. The van der Waals surface area contributed by atoms with E-state index in [-0.39, 0.29) is 11.6 Å². The third kappa shape index (κ3) is 4.78. The molecule has 0 radical (unpaired) electrons. The zero-order valence-corrected chi connectivity index (χ0v) is 17.8. The number of nitrogens with zero attached hydrogens (tertiary/aromatic N) is 1. The Labute approximate surface area is 185 Å². The van der Waals surface area contributed by atoms with Crippen LogP contribution < -0.4 is 9.47 Å². The van der Waals surface area contributed by atoms with E-state index in [9.17, 15) is 4.79 Å². The number of hydrogen-bond donors (Lipinski definition) is 0. The molecule has 0 aromatic heterocycles. The van der Waals surface area contributed by atoms with Crippen molar-refractivity contribution in [2.45, 2.75) is 13.5 Å². The van der Waals surface area contributed by atoms with Gasteiger partial charge in [0.1, 0.15) is 18.1 Å². The van der Waals surface area contributed by atoms with Gasteiger partial charge in [0, 0.05) is 10.6 Å². The molecule has 1 aliphatic rings. The fourth-order valence-electron chi connectivity index (χ4n) is 3.10. The lowest BCUT2D eigenvalue weighted by molar-refractivity contribution is -0.129. The molecule has 3 aromatic rings. The smallest absolute Gasteiger partial charge is 0.363 e. The van der Waals surface area contributed by atoms with Crippen molar-refractivity contribution < 1.29 is 19.0 Å². The maximum Gasteiger partial charge on any atom is 0.363 e. The lowest BCUT2D eigenvalue weighted by Crippen LogP contribution is -2.07. The van der Waals surface area contributed by atoms with Crippen LogP contribution in [0.2, 0.25) is 5.02 Å². The average molecular weight is 434 g/mol. The Kier molecular flexibility index (Phi) is 6.05. The summed E-state index contributed by atoms with van der Waals surface area (Å²) in [4.78, 5) is 16.8. The second kappa shape index (κ2) is 9.06. The van der Waals surface area contributed by atoms with Gasteiger partial charge in [-0.05, 0) is 42.8 Å². The molecule has 0 bridgehead atoms. The second-order valence-electron chi connectivity index (χ2n) is 6.99. The molecule has 31 heavy (non-hydrogen) atoms. The van der Waals surface area contributed by atoms with Crippen molar-refractivity contribution in [3.8, 4) is 11.5 Å². The molecule has 1 aliphatic heterocycles. The number of esters is 1. The number of aliphatic imine (C=N–C) groups is 1. The molecular weight excluding hydrogens is 414 g/mol. The third-order valence-electron chi connectivity index (χ3n) is 4.74.